The van der Waals surface area contributed by atoms with Gasteiger partial charge in [0.05, 0.1) is 24.1 Å². The van der Waals surface area contributed by atoms with Crippen molar-refractivity contribution in [1.82, 2.24) is 4.98 Å². The molecule has 0 atom stereocenters. The van der Waals surface area contributed by atoms with Crippen LogP contribution in [-0.4, -0.2) is 23.8 Å². The number of esters is 1. The topological polar surface area (TPSA) is 63.0 Å². The zero-order valence-corrected chi connectivity index (χ0v) is 17.1. The van der Waals surface area contributed by atoms with Gasteiger partial charge in [-0.15, -0.1) is 0 Å². The van der Waals surface area contributed by atoms with E-state index in [1.54, 1.807) is 0 Å². The summed E-state index contributed by atoms with van der Waals surface area (Å²) in [7, 11) is 1.37. The quantitative estimate of drug-likeness (QED) is 0.570. The van der Waals surface area contributed by atoms with Crippen LogP contribution >= 0.6 is 11.8 Å². The fraction of sp³-hybridized carbons (Fsp3) is 0.409. The molecule has 0 spiro atoms. The van der Waals surface area contributed by atoms with Crippen LogP contribution < -0.4 is 0 Å². The van der Waals surface area contributed by atoms with Gasteiger partial charge in [0.2, 0.25) is 0 Å². The van der Waals surface area contributed by atoms with E-state index in [9.17, 15) is 10.1 Å². The number of methoxy groups -OCH3 is 1. The highest BCUT2D eigenvalue weighted by molar-refractivity contribution is 7.99. The molecule has 0 aliphatic heterocycles. The highest BCUT2D eigenvalue weighted by Crippen LogP contribution is 2.38. The summed E-state index contributed by atoms with van der Waals surface area (Å²) in [6, 6.07) is 10.8. The van der Waals surface area contributed by atoms with E-state index in [0.717, 1.165) is 36.1 Å². The Balaban J connectivity index is 2.06. The van der Waals surface area contributed by atoms with E-state index in [1.165, 1.54) is 30.0 Å². The summed E-state index contributed by atoms with van der Waals surface area (Å²) in [5.41, 5.74) is 6.26. The number of nitriles is 1. The fourth-order valence-corrected chi connectivity index (χ4v) is 4.25. The van der Waals surface area contributed by atoms with Crippen LogP contribution in [0.2, 0.25) is 0 Å². The van der Waals surface area contributed by atoms with E-state index < -0.39 is 0 Å². The molecule has 1 aliphatic rings. The van der Waals surface area contributed by atoms with Crippen molar-refractivity contribution >= 4 is 17.7 Å². The number of rotatable bonds is 4. The third-order valence-corrected chi connectivity index (χ3v) is 5.87. The van der Waals surface area contributed by atoms with Crippen molar-refractivity contribution in [2.24, 2.45) is 0 Å². The minimum absolute atomic E-state index is 0.0973. The Labute approximate surface area is 165 Å². The number of aromatic nitrogens is 1. The summed E-state index contributed by atoms with van der Waals surface area (Å²) >= 11 is 1.28. The molecule has 1 aromatic carbocycles. The smallest absolute Gasteiger partial charge is 0.316 e. The summed E-state index contributed by atoms with van der Waals surface area (Å²) in [5, 5.41) is 10.3. The van der Waals surface area contributed by atoms with Crippen molar-refractivity contribution in [2.45, 2.75) is 50.5 Å². The van der Waals surface area contributed by atoms with Crippen LogP contribution in [0.3, 0.4) is 0 Å². The molecule has 5 heteroatoms. The second-order valence-electron chi connectivity index (χ2n) is 7.76. The third kappa shape index (κ3) is 4.01. The molecule has 27 heavy (non-hydrogen) atoms. The number of carbonyl (C=O) groups excluding carboxylic acids is 1. The highest BCUT2D eigenvalue weighted by Gasteiger charge is 2.25. The molecule has 1 heterocycles. The van der Waals surface area contributed by atoms with Gasteiger partial charge in [0.1, 0.15) is 11.1 Å². The summed E-state index contributed by atoms with van der Waals surface area (Å²) in [5.74, 6) is -0.165. The van der Waals surface area contributed by atoms with Gasteiger partial charge in [0.15, 0.2) is 0 Å². The number of nitrogens with zero attached hydrogens (tertiary/aromatic N) is 2. The lowest BCUT2D eigenvalue weighted by Crippen LogP contribution is -2.10. The molecule has 2 aromatic rings. The average molecular weight is 381 g/mol. The largest absolute Gasteiger partial charge is 0.468 e. The van der Waals surface area contributed by atoms with E-state index in [1.807, 2.05) is 0 Å². The summed E-state index contributed by atoms with van der Waals surface area (Å²) in [4.78, 5) is 16.4. The Morgan fingerprint density at radius 3 is 2.48 bits per heavy atom. The lowest BCUT2D eigenvalue weighted by molar-refractivity contribution is -0.137. The van der Waals surface area contributed by atoms with Crippen LogP contribution in [-0.2, 0) is 27.8 Å². The minimum atomic E-state index is -0.317. The first kappa shape index (κ1) is 19.4. The SMILES string of the molecule is COC(=O)CSc1nc(-c2ccc(C(C)(C)C)cc2)c2c(c1C#N)CCC2. The number of benzene rings is 1. The number of carbonyl (C=O) groups is 1. The number of fused-ring (bicyclic) bond motifs is 1. The summed E-state index contributed by atoms with van der Waals surface area (Å²) in [6.07, 6.45) is 2.86. The van der Waals surface area contributed by atoms with Gasteiger partial charge in [-0.25, -0.2) is 4.98 Å². The van der Waals surface area contributed by atoms with Gasteiger partial charge in [0, 0.05) is 5.56 Å². The number of pyridine rings is 1. The molecule has 0 N–H and O–H groups in total. The molecule has 0 radical (unpaired) electrons. The summed E-state index contributed by atoms with van der Waals surface area (Å²) < 4.78 is 4.73. The van der Waals surface area contributed by atoms with Gasteiger partial charge in [-0.2, -0.15) is 5.26 Å². The van der Waals surface area contributed by atoms with Gasteiger partial charge < -0.3 is 4.74 Å². The Bertz CT molecular complexity index is 906. The van der Waals surface area contributed by atoms with Gasteiger partial charge in [-0.05, 0) is 41.4 Å². The predicted molar refractivity (Wildman–Crippen MR) is 108 cm³/mol. The van der Waals surface area contributed by atoms with Crippen molar-refractivity contribution in [3.8, 4) is 17.3 Å². The Morgan fingerprint density at radius 2 is 1.89 bits per heavy atom. The maximum Gasteiger partial charge on any atom is 0.316 e. The lowest BCUT2D eigenvalue weighted by Gasteiger charge is -2.19. The fourth-order valence-electron chi connectivity index (χ4n) is 3.41. The number of ether oxygens (including phenoxy) is 1. The van der Waals surface area contributed by atoms with Crippen molar-refractivity contribution in [2.75, 3.05) is 12.9 Å². The predicted octanol–water partition coefficient (Wildman–Crippen LogP) is 4.67. The van der Waals surface area contributed by atoms with E-state index in [-0.39, 0.29) is 17.1 Å². The average Bonchev–Trinajstić information content (AvgIpc) is 3.14. The van der Waals surface area contributed by atoms with Crippen molar-refractivity contribution in [3.63, 3.8) is 0 Å². The van der Waals surface area contributed by atoms with Gasteiger partial charge >= 0.3 is 5.97 Å². The molecule has 0 saturated carbocycles. The zero-order valence-electron chi connectivity index (χ0n) is 16.3. The maximum atomic E-state index is 11.6. The molecule has 0 bridgehead atoms. The first-order valence-corrected chi connectivity index (χ1v) is 10.1. The molecular weight excluding hydrogens is 356 g/mol. The van der Waals surface area contributed by atoms with E-state index in [0.29, 0.717) is 10.6 Å². The van der Waals surface area contributed by atoms with Crippen molar-refractivity contribution in [1.29, 1.82) is 5.26 Å². The van der Waals surface area contributed by atoms with Crippen molar-refractivity contribution < 1.29 is 9.53 Å². The Hall–Kier alpha value is -2.32. The zero-order chi connectivity index (χ0) is 19.6. The Kier molecular flexibility index (Phi) is 5.57. The van der Waals surface area contributed by atoms with Gasteiger partial charge in [-0.3, -0.25) is 4.79 Å². The number of hydrogen-bond donors (Lipinski definition) is 0. The lowest BCUT2D eigenvalue weighted by atomic mass is 9.86. The van der Waals surface area contributed by atoms with Crippen LogP contribution in [0, 0.1) is 11.3 Å². The number of hydrogen-bond acceptors (Lipinski definition) is 5. The second kappa shape index (κ2) is 7.74. The van der Waals surface area contributed by atoms with Crippen molar-refractivity contribution in [3.05, 3.63) is 46.5 Å². The molecule has 140 valence electrons. The van der Waals surface area contributed by atoms with E-state index in [2.05, 4.69) is 51.1 Å². The number of thioether (sulfide) groups is 1. The molecule has 1 aliphatic carbocycles. The van der Waals surface area contributed by atoms with Crippen LogP contribution in [0.25, 0.3) is 11.3 Å². The van der Waals surface area contributed by atoms with Crippen LogP contribution in [0.1, 0.15) is 49.4 Å². The molecule has 0 saturated heterocycles. The Morgan fingerprint density at radius 1 is 1.22 bits per heavy atom. The monoisotopic (exact) mass is 380 g/mol. The molecule has 0 amide bonds. The van der Waals surface area contributed by atoms with Gasteiger partial charge in [0.25, 0.3) is 0 Å². The first-order chi connectivity index (χ1) is 12.8. The minimum Gasteiger partial charge on any atom is -0.468 e. The van der Waals surface area contributed by atoms with E-state index >= 15 is 0 Å². The first-order valence-electron chi connectivity index (χ1n) is 9.11. The van der Waals surface area contributed by atoms with Gasteiger partial charge in [-0.1, -0.05) is 56.8 Å². The maximum absolute atomic E-state index is 11.6. The molecule has 1 aromatic heterocycles. The molecule has 0 fully saturated rings. The normalized spacial score (nSPS) is 13.1. The molecular formula is C22H24N2O2S. The molecule has 3 rings (SSSR count). The second-order valence-corrected chi connectivity index (χ2v) is 8.72. The summed E-state index contributed by atoms with van der Waals surface area (Å²) in [6.45, 7) is 6.59. The third-order valence-electron chi connectivity index (χ3n) is 4.92. The standard InChI is InChI=1S/C22H24N2O2S/c1-22(2,3)15-10-8-14(9-11-15)20-17-7-5-6-16(17)18(12-23)21(24-20)27-13-19(25)26-4/h8-11H,5-7,13H2,1-4H3. The van der Waals surface area contributed by atoms with Crippen LogP contribution in [0.15, 0.2) is 29.3 Å². The molecule has 4 nitrogen and oxygen atoms in total. The van der Waals surface area contributed by atoms with Crippen LogP contribution in [0.5, 0.6) is 0 Å². The highest BCUT2D eigenvalue weighted by atomic mass is 32.2. The van der Waals surface area contributed by atoms with E-state index in [4.69, 9.17) is 9.72 Å². The van der Waals surface area contributed by atoms with Crippen LogP contribution in [0.4, 0.5) is 0 Å². The molecule has 0 unspecified atom stereocenters.